The molecule has 3 heterocycles. The van der Waals surface area contributed by atoms with E-state index in [1.165, 1.54) is 0 Å². The maximum Gasteiger partial charge on any atom is 0.306 e. The van der Waals surface area contributed by atoms with Gasteiger partial charge < -0.3 is 14.4 Å². The molecule has 7 rings (SSSR count). The standard InChI is InChI=1S/C39H48IN3O8S/c1-2-26-21-39(26,38(47)42-52(48,49)28-12-13-28)22-34(44)33-19-27-23-43(33)37(46)30(25-10-6-3-7-11-25)20-35(45)50-16-8-4-5-9-24-17-31-29(32(40)18-24)14-15-41-36(31)51-27/h2,14-15,17-18,25-28,30,33H,1,3-13,16,19-23H2,(H,42,47)/t26-,27-,30+,33+,39-/m1/s1. The molecule has 1 saturated heterocycles. The number of rotatable bonds is 8. The SMILES string of the molecule is C=C[C@@H]1C[C@]1(CC(=O)[C@@H]1C[C@@H]2CN1C(=O)[C@H](C1CCCCC1)CC(=O)OCCCCCc1cc(I)c3ccnc(c3c1)O2)C(=O)NS(=O)(=O)C1CC1. The molecule has 1 aromatic heterocycles. The average molecular weight is 846 g/mol. The number of hydrogen-bond donors (Lipinski definition) is 1. The van der Waals surface area contributed by atoms with Crippen molar-refractivity contribution >= 4 is 67.0 Å². The summed E-state index contributed by atoms with van der Waals surface area (Å²) in [4.78, 5) is 62.3. The maximum absolute atomic E-state index is 14.8. The fraction of sp³-hybridized carbons (Fsp3) is 0.615. The van der Waals surface area contributed by atoms with Gasteiger partial charge in [0, 0.05) is 33.4 Å². The number of Topliss-reactive ketones (excluding diaryl/α,β-unsaturated/α-hetero) is 1. The van der Waals surface area contributed by atoms with E-state index in [0.717, 1.165) is 77.7 Å². The van der Waals surface area contributed by atoms with Gasteiger partial charge in [-0.1, -0.05) is 25.3 Å². The highest BCUT2D eigenvalue weighted by molar-refractivity contribution is 14.1. The Labute approximate surface area is 319 Å². The van der Waals surface area contributed by atoms with Gasteiger partial charge in [0.25, 0.3) is 0 Å². The van der Waals surface area contributed by atoms with Crippen LogP contribution in [-0.2, 0) is 40.4 Å². The van der Waals surface area contributed by atoms with Crippen molar-refractivity contribution in [2.24, 2.45) is 23.2 Å². The summed E-state index contributed by atoms with van der Waals surface area (Å²) < 4.78 is 41.1. The lowest BCUT2D eigenvalue weighted by atomic mass is 9.77. The molecule has 0 spiro atoms. The monoisotopic (exact) mass is 845 g/mol. The molecule has 0 unspecified atom stereocenters. The van der Waals surface area contributed by atoms with Crippen molar-refractivity contribution in [2.45, 2.75) is 114 Å². The van der Waals surface area contributed by atoms with E-state index in [4.69, 9.17) is 9.47 Å². The molecule has 5 aliphatic rings. The zero-order valence-corrected chi connectivity index (χ0v) is 32.5. The average Bonchev–Trinajstić information content (AvgIpc) is 4.05. The third kappa shape index (κ3) is 7.90. The lowest BCUT2D eigenvalue weighted by Crippen LogP contribution is -2.48. The number of sulfonamides is 1. The molecule has 2 amide bonds. The van der Waals surface area contributed by atoms with Crippen molar-refractivity contribution in [1.82, 2.24) is 14.6 Å². The van der Waals surface area contributed by atoms with Crippen LogP contribution in [0.5, 0.6) is 5.88 Å². The molecule has 52 heavy (non-hydrogen) atoms. The number of ether oxygens (including phenoxy) is 2. The van der Waals surface area contributed by atoms with Crippen LogP contribution in [-0.4, -0.2) is 72.4 Å². The number of nitrogens with zero attached hydrogens (tertiary/aromatic N) is 2. The van der Waals surface area contributed by atoms with Crippen LogP contribution < -0.4 is 9.46 Å². The first-order valence-electron chi connectivity index (χ1n) is 18.9. The Kier molecular flexibility index (Phi) is 11.0. The summed E-state index contributed by atoms with van der Waals surface area (Å²) in [5.41, 5.74) is -0.106. The first kappa shape index (κ1) is 37.3. The Morgan fingerprint density at radius 2 is 1.83 bits per heavy atom. The molecule has 4 bridgehead atoms. The van der Waals surface area contributed by atoms with Crippen molar-refractivity contribution in [3.63, 3.8) is 0 Å². The number of cyclic esters (lactones) is 1. The third-order valence-electron chi connectivity index (χ3n) is 11.9. The number of nitrogens with one attached hydrogen (secondary N) is 1. The molecule has 1 N–H and O–H groups in total. The molecular weight excluding hydrogens is 797 g/mol. The predicted octanol–water partition coefficient (Wildman–Crippen LogP) is 5.80. The Hall–Kier alpha value is -3.07. The number of ketones is 1. The second-order valence-corrected chi connectivity index (χ2v) is 18.7. The summed E-state index contributed by atoms with van der Waals surface area (Å²) in [6.07, 6.45) is 12.0. The van der Waals surface area contributed by atoms with Crippen molar-refractivity contribution in [3.8, 4) is 5.88 Å². The van der Waals surface area contributed by atoms with Crippen LogP contribution >= 0.6 is 22.6 Å². The van der Waals surface area contributed by atoms with Gasteiger partial charge in [0.05, 0.1) is 42.2 Å². The number of carbonyl (C=O) groups excluding carboxylic acids is 4. The number of amides is 2. The zero-order valence-electron chi connectivity index (χ0n) is 29.5. The lowest BCUT2D eigenvalue weighted by molar-refractivity contribution is -0.152. The lowest BCUT2D eigenvalue weighted by Gasteiger charge is -2.34. The van der Waals surface area contributed by atoms with Crippen LogP contribution in [0.1, 0.15) is 95.5 Å². The summed E-state index contributed by atoms with van der Waals surface area (Å²) in [7, 11) is -3.83. The summed E-state index contributed by atoms with van der Waals surface area (Å²) >= 11 is 2.33. The normalized spacial score (nSPS) is 29.1. The van der Waals surface area contributed by atoms with Crippen LogP contribution in [0, 0.1) is 26.7 Å². The van der Waals surface area contributed by atoms with Gasteiger partial charge in [0.2, 0.25) is 27.7 Å². The number of fused-ring (bicyclic) bond motifs is 3. The topological polar surface area (TPSA) is 149 Å². The minimum absolute atomic E-state index is 0.0197. The number of hydrogen-bond acceptors (Lipinski definition) is 9. The van der Waals surface area contributed by atoms with E-state index < -0.39 is 50.6 Å². The van der Waals surface area contributed by atoms with Crippen molar-refractivity contribution in [1.29, 1.82) is 0 Å². The van der Waals surface area contributed by atoms with Gasteiger partial charge in [-0.15, -0.1) is 6.58 Å². The van der Waals surface area contributed by atoms with Crippen LogP contribution in [0.4, 0.5) is 0 Å². The van der Waals surface area contributed by atoms with Gasteiger partial charge in [-0.2, -0.15) is 0 Å². The molecule has 2 aliphatic heterocycles. The highest BCUT2D eigenvalue weighted by Crippen LogP contribution is 2.57. The first-order valence-corrected chi connectivity index (χ1v) is 21.5. The number of halogens is 1. The minimum Gasteiger partial charge on any atom is -0.472 e. The van der Waals surface area contributed by atoms with Gasteiger partial charge in [0.15, 0.2) is 5.78 Å². The third-order valence-corrected chi connectivity index (χ3v) is 14.6. The van der Waals surface area contributed by atoms with Crippen molar-refractivity contribution in [2.75, 3.05) is 13.2 Å². The van der Waals surface area contributed by atoms with Gasteiger partial charge in [0.1, 0.15) is 6.10 Å². The predicted molar refractivity (Wildman–Crippen MR) is 203 cm³/mol. The van der Waals surface area contributed by atoms with Crippen molar-refractivity contribution in [3.05, 3.63) is 46.2 Å². The Balaban J connectivity index is 1.22. The Morgan fingerprint density at radius 1 is 1.06 bits per heavy atom. The van der Waals surface area contributed by atoms with E-state index >= 15 is 0 Å². The van der Waals surface area contributed by atoms with E-state index in [2.05, 4.69) is 51.0 Å². The van der Waals surface area contributed by atoms with Gasteiger partial charge >= 0.3 is 5.97 Å². The van der Waals surface area contributed by atoms with Crippen molar-refractivity contribution < 1.29 is 37.1 Å². The quantitative estimate of drug-likeness (QED) is 0.198. The van der Waals surface area contributed by atoms with E-state index in [0.29, 0.717) is 31.7 Å². The van der Waals surface area contributed by atoms with E-state index in [-0.39, 0.29) is 49.3 Å². The molecule has 13 heteroatoms. The molecular formula is C39H48IN3O8S. The summed E-state index contributed by atoms with van der Waals surface area (Å²) in [6, 6.07) is 5.29. The Bertz CT molecular complexity index is 1860. The van der Waals surface area contributed by atoms with E-state index in [9.17, 15) is 27.6 Å². The van der Waals surface area contributed by atoms with Gasteiger partial charge in [-0.05, 0) is 116 Å². The number of pyridine rings is 1. The summed E-state index contributed by atoms with van der Waals surface area (Å²) in [5.74, 6) is -2.30. The summed E-state index contributed by atoms with van der Waals surface area (Å²) in [5, 5.41) is 1.28. The number of allylic oxidation sites excluding steroid dienone is 1. The Morgan fingerprint density at radius 3 is 2.56 bits per heavy atom. The van der Waals surface area contributed by atoms with Gasteiger partial charge in [-0.25, -0.2) is 13.4 Å². The van der Waals surface area contributed by atoms with Crippen LogP contribution in [0.2, 0.25) is 0 Å². The number of benzene rings is 1. The molecule has 0 radical (unpaired) electrons. The molecule has 2 aromatic rings. The highest BCUT2D eigenvalue weighted by Gasteiger charge is 2.61. The number of aromatic nitrogens is 1. The highest BCUT2D eigenvalue weighted by atomic mass is 127. The second kappa shape index (κ2) is 15.3. The van der Waals surface area contributed by atoms with E-state index in [1.807, 2.05) is 6.07 Å². The maximum atomic E-state index is 14.8. The number of carbonyl (C=O) groups is 4. The largest absolute Gasteiger partial charge is 0.472 e. The van der Waals surface area contributed by atoms with Gasteiger partial charge in [-0.3, -0.25) is 23.9 Å². The molecule has 11 nitrogen and oxygen atoms in total. The zero-order chi connectivity index (χ0) is 36.6. The number of esters is 1. The van der Waals surface area contributed by atoms with E-state index in [1.54, 1.807) is 17.2 Å². The molecule has 4 fully saturated rings. The van der Waals surface area contributed by atoms with Crippen LogP contribution in [0.25, 0.3) is 10.8 Å². The van der Waals surface area contributed by atoms with Crippen LogP contribution in [0.15, 0.2) is 37.1 Å². The molecule has 3 saturated carbocycles. The second-order valence-electron chi connectivity index (χ2n) is 15.5. The molecule has 3 aliphatic carbocycles. The van der Waals surface area contributed by atoms with Crippen LogP contribution in [0.3, 0.4) is 0 Å². The fourth-order valence-corrected chi connectivity index (χ4v) is 10.9. The molecule has 5 atom stereocenters. The number of aryl methyl sites for hydroxylation is 1. The first-order chi connectivity index (χ1) is 25.0. The summed E-state index contributed by atoms with van der Waals surface area (Å²) in [6.45, 7) is 4.25. The molecule has 1 aromatic carbocycles. The fourth-order valence-electron chi connectivity index (χ4n) is 8.64. The smallest absolute Gasteiger partial charge is 0.306 e. The minimum atomic E-state index is -3.83. The molecule has 280 valence electrons.